The van der Waals surface area contributed by atoms with Crippen molar-refractivity contribution >= 4 is 44.7 Å². The summed E-state index contributed by atoms with van der Waals surface area (Å²) in [6.07, 6.45) is 1.49. The quantitative estimate of drug-likeness (QED) is 0.373. The number of nitrogens with zero attached hydrogens (tertiary/aromatic N) is 3. The minimum absolute atomic E-state index is 0.104. The summed E-state index contributed by atoms with van der Waals surface area (Å²) < 4.78 is 30.3. The Bertz CT molecular complexity index is 1500. The predicted molar refractivity (Wildman–Crippen MR) is 143 cm³/mol. The van der Waals surface area contributed by atoms with Gasteiger partial charge in [-0.1, -0.05) is 41.6 Å². The van der Waals surface area contributed by atoms with Crippen LogP contribution in [0.25, 0.3) is 34.0 Å². The van der Waals surface area contributed by atoms with E-state index in [2.05, 4.69) is 20.4 Å². The van der Waals surface area contributed by atoms with Crippen molar-refractivity contribution in [2.45, 2.75) is 29.3 Å². The fourth-order valence-corrected chi connectivity index (χ4v) is 4.58. The lowest BCUT2D eigenvalue weighted by molar-refractivity contribution is 0.434. The van der Waals surface area contributed by atoms with Crippen molar-refractivity contribution < 1.29 is 12.9 Å². The molecule has 4 aromatic rings. The van der Waals surface area contributed by atoms with Crippen molar-refractivity contribution in [1.82, 2.24) is 20.4 Å². The van der Waals surface area contributed by atoms with Gasteiger partial charge in [0.15, 0.2) is 27.1 Å². The Morgan fingerprint density at radius 3 is 2.19 bits per heavy atom. The third-order valence-electron chi connectivity index (χ3n) is 5.89. The summed E-state index contributed by atoms with van der Waals surface area (Å²) in [5.41, 5.74) is 9.40. The van der Waals surface area contributed by atoms with Gasteiger partial charge in [-0.15, -0.1) is 0 Å². The molecule has 176 valence electrons. The number of aromatic nitrogens is 3. The van der Waals surface area contributed by atoms with Gasteiger partial charge >= 0.3 is 0 Å². The normalized spacial score (nSPS) is 12.2. The van der Waals surface area contributed by atoms with Crippen molar-refractivity contribution in [3.8, 4) is 34.0 Å². The number of nitrogens with two attached hydrogens (primary N) is 1. The van der Waals surface area contributed by atoms with Crippen LogP contribution < -0.4 is 16.5 Å². The molecule has 12 heteroatoms. The van der Waals surface area contributed by atoms with Gasteiger partial charge in [-0.25, -0.2) is 18.4 Å². The van der Waals surface area contributed by atoms with Crippen LogP contribution in [0.3, 0.4) is 0 Å². The number of sulfone groups is 1. The van der Waals surface area contributed by atoms with Crippen LogP contribution in [0.5, 0.6) is 0 Å². The third kappa shape index (κ3) is 4.70. The monoisotopic (exact) mass is 493 g/mol. The molecule has 0 spiro atoms. The van der Waals surface area contributed by atoms with E-state index < -0.39 is 20.4 Å². The number of benzene rings is 2. The van der Waals surface area contributed by atoms with Crippen molar-refractivity contribution in [2.24, 2.45) is 0 Å². The van der Waals surface area contributed by atoms with Gasteiger partial charge in [0.1, 0.15) is 13.5 Å². The van der Waals surface area contributed by atoms with Crippen LogP contribution in [0.2, 0.25) is 0 Å². The van der Waals surface area contributed by atoms with Crippen LogP contribution in [0, 0.1) is 0 Å². The molecule has 0 bridgehead atoms. The van der Waals surface area contributed by atoms with Crippen molar-refractivity contribution in [2.75, 3.05) is 12.8 Å². The van der Waals surface area contributed by atoms with E-state index in [9.17, 15) is 8.42 Å². The maximum atomic E-state index is 12.4. The van der Waals surface area contributed by atoms with Crippen LogP contribution >= 0.6 is 0 Å². The minimum Gasteiger partial charge on any atom is -0.382 e. The highest BCUT2D eigenvalue weighted by atomic mass is 32.2. The minimum atomic E-state index is -3.39. The van der Waals surface area contributed by atoms with Crippen molar-refractivity contribution in [3.05, 3.63) is 60.3 Å². The zero-order valence-corrected chi connectivity index (χ0v) is 20.9. The SMILES string of the molecule is [B]c1c(-c2ccc(C([B])([B])NC)cc2)noc1-c1nc(-c2ccc(S(=O)(=O)C(C)C)cc2)cnc1N. The molecule has 0 fully saturated rings. The highest BCUT2D eigenvalue weighted by Crippen LogP contribution is 2.29. The van der Waals surface area contributed by atoms with Gasteiger partial charge in [0.05, 0.1) is 37.7 Å². The summed E-state index contributed by atoms with van der Waals surface area (Å²) in [6, 6.07) is 13.5. The molecule has 0 aliphatic rings. The highest BCUT2D eigenvalue weighted by Gasteiger charge is 2.22. The Morgan fingerprint density at radius 2 is 1.61 bits per heavy atom. The van der Waals surface area contributed by atoms with E-state index in [0.717, 1.165) is 0 Å². The lowest BCUT2D eigenvalue weighted by Crippen LogP contribution is -2.40. The number of nitrogens with one attached hydrogen (secondary N) is 1. The Kier molecular flexibility index (Phi) is 6.85. The first-order valence-corrected chi connectivity index (χ1v) is 12.6. The van der Waals surface area contributed by atoms with Crippen molar-refractivity contribution in [1.29, 1.82) is 0 Å². The van der Waals surface area contributed by atoms with Crippen molar-refractivity contribution in [3.63, 3.8) is 0 Å². The molecule has 2 aromatic carbocycles. The second-order valence-electron chi connectivity index (χ2n) is 8.58. The molecule has 0 amide bonds. The molecule has 0 unspecified atom stereocenters. The molecule has 2 aromatic heterocycles. The molecule has 0 aliphatic carbocycles. The number of hydrogen-bond acceptors (Lipinski definition) is 8. The van der Waals surface area contributed by atoms with E-state index in [4.69, 9.17) is 33.8 Å². The summed E-state index contributed by atoms with van der Waals surface area (Å²) in [5, 5.41) is 5.23. The maximum absolute atomic E-state index is 12.4. The van der Waals surface area contributed by atoms with Crippen LogP contribution in [0.1, 0.15) is 19.4 Å². The lowest BCUT2D eigenvalue weighted by atomic mass is 9.58. The molecule has 0 saturated heterocycles. The Balaban J connectivity index is 1.68. The van der Waals surface area contributed by atoms with Gasteiger partial charge in [-0.05, 0) is 49.4 Å². The van der Waals surface area contributed by atoms with E-state index in [0.29, 0.717) is 28.1 Å². The number of rotatable bonds is 7. The first kappa shape index (κ1) is 25.7. The molecular formula is C24H22B3N5O3S. The van der Waals surface area contributed by atoms with Gasteiger partial charge < -0.3 is 15.6 Å². The third-order valence-corrected chi connectivity index (χ3v) is 8.06. The summed E-state index contributed by atoms with van der Waals surface area (Å²) in [5.74, 6) is 0.273. The Morgan fingerprint density at radius 1 is 1.00 bits per heavy atom. The van der Waals surface area contributed by atoms with E-state index in [-0.39, 0.29) is 27.6 Å². The Labute approximate surface area is 214 Å². The van der Waals surface area contributed by atoms with E-state index in [1.807, 2.05) is 0 Å². The summed E-state index contributed by atoms with van der Waals surface area (Å²) in [7, 11) is 16.7. The molecule has 6 radical (unpaired) electrons. The fourth-order valence-electron chi connectivity index (χ4n) is 3.52. The number of anilines is 1. The van der Waals surface area contributed by atoms with Gasteiger partial charge in [0.25, 0.3) is 0 Å². The zero-order chi connectivity index (χ0) is 26.3. The Hall–Kier alpha value is -3.37. The topological polar surface area (TPSA) is 124 Å². The molecule has 3 N–H and O–H groups in total. The summed E-state index contributed by atoms with van der Waals surface area (Å²) >= 11 is 0. The molecule has 4 rings (SSSR count). The fraction of sp³-hybridized carbons (Fsp3) is 0.208. The molecule has 0 saturated carbocycles. The van der Waals surface area contributed by atoms with Gasteiger partial charge in [0, 0.05) is 11.1 Å². The lowest BCUT2D eigenvalue weighted by Gasteiger charge is -2.26. The standard InChI is InChI=1S/C24H22B3N5O3S/c1-13(2)36(33,34)17-10-6-14(7-11-17)18-12-30-23(28)21(31-18)22-19(25)20(32-35-22)15-4-8-16(9-5-15)24(26,27)29-3/h4-13,29H,1-3H3,(H2,28,30). The van der Waals surface area contributed by atoms with Crippen LogP contribution in [-0.4, -0.2) is 59.4 Å². The highest BCUT2D eigenvalue weighted by molar-refractivity contribution is 7.92. The molecular weight excluding hydrogens is 471 g/mol. The largest absolute Gasteiger partial charge is 0.382 e. The maximum Gasteiger partial charge on any atom is 0.182 e. The average Bonchev–Trinajstić information content (AvgIpc) is 3.25. The van der Waals surface area contributed by atoms with E-state index in [1.165, 1.54) is 6.20 Å². The van der Waals surface area contributed by atoms with Crippen LogP contribution in [-0.2, 0) is 15.2 Å². The van der Waals surface area contributed by atoms with E-state index in [1.54, 1.807) is 69.4 Å². The van der Waals surface area contributed by atoms with Crippen LogP contribution in [0.15, 0.2) is 64.1 Å². The molecule has 0 atom stereocenters. The summed E-state index contributed by atoms with van der Waals surface area (Å²) in [4.78, 5) is 9.03. The average molecular weight is 493 g/mol. The molecule has 2 heterocycles. The molecule has 36 heavy (non-hydrogen) atoms. The predicted octanol–water partition coefficient (Wildman–Crippen LogP) is 1.69. The first-order valence-electron chi connectivity index (χ1n) is 11.1. The van der Waals surface area contributed by atoms with Gasteiger partial charge in [-0.2, -0.15) is 0 Å². The zero-order valence-electron chi connectivity index (χ0n) is 20.1. The van der Waals surface area contributed by atoms with E-state index >= 15 is 0 Å². The second-order valence-corrected chi connectivity index (χ2v) is 11.1. The van der Waals surface area contributed by atoms with Gasteiger partial charge in [0.2, 0.25) is 0 Å². The molecule has 8 nitrogen and oxygen atoms in total. The second kappa shape index (κ2) is 9.59. The van der Waals surface area contributed by atoms with Crippen LogP contribution in [0.4, 0.5) is 5.82 Å². The first-order chi connectivity index (χ1) is 17.0. The molecule has 0 aliphatic heterocycles. The number of nitrogen functional groups attached to an aromatic ring is 1. The number of hydrogen-bond donors (Lipinski definition) is 2. The summed E-state index contributed by atoms with van der Waals surface area (Å²) in [6.45, 7) is 3.27. The smallest absolute Gasteiger partial charge is 0.182 e. The van der Waals surface area contributed by atoms with Gasteiger partial charge in [-0.3, -0.25) is 0 Å².